The maximum Gasteiger partial charge on any atom is 0.418 e. The number of halogens is 4. The Kier molecular flexibility index (Phi) is 4.55. The zero-order chi connectivity index (χ0) is 15.6. The van der Waals surface area contributed by atoms with Crippen molar-refractivity contribution in [1.29, 1.82) is 0 Å². The molecule has 2 aromatic rings. The SMILES string of the molecule is Cc1ccc(C(=O)Nc2ccccc2C(F)(F)F)c(I)c1. The lowest BCUT2D eigenvalue weighted by molar-refractivity contribution is -0.136. The molecule has 0 heterocycles. The average Bonchev–Trinajstić information content (AvgIpc) is 2.37. The quantitative estimate of drug-likeness (QED) is 0.710. The molecule has 0 atom stereocenters. The lowest BCUT2D eigenvalue weighted by Crippen LogP contribution is -2.17. The number of nitrogens with one attached hydrogen (secondary N) is 1. The first-order valence-electron chi connectivity index (χ1n) is 6.03. The maximum absolute atomic E-state index is 12.9. The van der Waals surface area contributed by atoms with Crippen molar-refractivity contribution in [2.75, 3.05) is 5.32 Å². The van der Waals surface area contributed by atoms with E-state index >= 15 is 0 Å². The van der Waals surface area contributed by atoms with E-state index in [2.05, 4.69) is 5.32 Å². The summed E-state index contributed by atoms with van der Waals surface area (Å²) in [5, 5.41) is 2.33. The summed E-state index contributed by atoms with van der Waals surface area (Å²) in [6.45, 7) is 1.88. The number of aryl methyl sites for hydroxylation is 1. The van der Waals surface area contributed by atoms with Crippen molar-refractivity contribution in [3.63, 3.8) is 0 Å². The van der Waals surface area contributed by atoms with Crippen LogP contribution < -0.4 is 5.32 Å². The molecule has 2 nitrogen and oxygen atoms in total. The summed E-state index contributed by atoms with van der Waals surface area (Å²) in [5.74, 6) is -0.559. The number of alkyl halides is 3. The van der Waals surface area contributed by atoms with Gasteiger partial charge >= 0.3 is 6.18 Å². The van der Waals surface area contributed by atoms with Crippen molar-refractivity contribution < 1.29 is 18.0 Å². The predicted molar refractivity (Wildman–Crippen MR) is 83.3 cm³/mol. The van der Waals surface area contributed by atoms with E-state index in [9.17, 15) is 18.0 Å². The minimum absolute atomic E-state index is 0.244. The molecular formula is C15H11F3INO. The van der Waals surface area contributed by atoms with E-state index in [0.717, 1.165) is 11.6 Å². The number of carbonyl (C=O) groups excluding carboxylic acids is 1. The third-order valence-electron chi connectivity index (χ3n) is 2.85. The number of benzene rings is 2. The Labute approximate surface area is 133 Å². The van der Waals surface area contributed by atoms with Crippen LogP contribution >= 0.6 is 22.6 Å². The number of para-hydroxylation sites is 1. The predicted octanol–water partition coefficient (Wildman–Crippen LogP) is 4.87. The van der Waals surface area contributed by atoms with Crippen molar-refractivity contribution in [3.8, 4) is 0 Å². The third-order valence-corrected chi connectivity index (χ3v) is 3.74. The van der Waals surface area contributed by atoms with Gasteiger partial charge in [-0.2, -0.15) is 13.2 Å². The van der Waals surface area contributed by atoms with Gasteiger partial charge in [0, 0.05) is 3.57 Å². The second-order valence-corrected chi connectivity index (χ2v) is 5.64. The van der Waals surface area contributed by atoms with Crippen LogP contribution in [0, 0.1) is 10.5 Å². The van der Waals surface area contributed by atoms with Crippen LogP contribution in [0.4, 0.5) is 18.9 Å². The Hall–Kier alpha value is -1.57. The molecule has 21 heavy (non-hydrogen) atoms. The highest BCUT2D eigenvalue weighted by molar-refractivity contribution is 14.1. The van der Waals surface area contributed by atoms with Gasteiger partial charge in [-0.05, 0) is 53.8 Å². The van der Waals surface area contributed by atoms with E-state index in [0.29, 0.717) is 9.13 Å². The second-order valence-electron chi connectivity index (χ2n) is 4.48. The molecule has 6 heteroatoms. The molecule has 1 amide bonds. The van der Waals surface area contributed by atoms with Gasteiger partial charge in [0.25, 0.3) is 5.91 Å². The molecule has 110 valence electrons. The van der Waals surface area contributed by atoms with Crippen LogP contribution in [-0.4, -0.2) is 5.91 Å². The standard InChI is InChI=1S/C15H11F3INO/c1-9-6-7-10(12(19)8-9)14(21)20-13-5-3-2-4-11(13)15(16,17)18/h2-8H,1H3,(H,20,21). The van der Waals surface area contributed by atoms with E-state index in [4.69, 9.17) is 0 Å². The monoisotopic (exact) mass is 405 g/mol. The van der Waals surface area contributed by atoms with E-state index in [1.165, 1.54) is 18.2 Å². The van der Waals surface area contributed by atoms with Crippen LogP contribution in [0.3, 0.4) is 0 Å². The second kappa shape index (κ2) is 6.05. The molecule has 0 spiro atoms. The number of carbonyl (C=O) groups is 1. The van der Waals surface area contributed by atoms with Gasteiger partial charge < -0.3 is 5.32 Å². The Morgan fingerprint density at radius 3 is 2.43 bits per heavy atom. The molecule has 0 radical (unpaired) electrons. The van der Waals surface area contributed by atoms with Gasteiger partial charge in [0.2, 0.25) is 0 Å². The van der Waals surface area contributed by atoms with Crippen LogP contribution in [0.2, 0.25) is 0 Å². The first-order valence-corrected chi connectivity index (χ1v) is 7.10. The lowest BCUT2D eigenvalue weighted by atomic mass is 10.1. The Bertz CT molecular complexity index is 683. The number of rotatable bonds is 2. The first-order chi connectivity index (χ1) is 9.79. The first kappa shape index (κ1) is 15.8. The van der Waals surface area contributed by atoms with Gasteiger partial charge in [0.1, 0.15) is 0 Å². The van der Waals surface area contributed by atoms with Crippen molar-refractivity contribution in [2.45, 2.75) is 13.1 Å². The molecule has 2 rings (SSSR count). The molecule has 0 aliphatic heterocycles. The van der Waals surface area contributed by atoms with E-state index in [-0.39, 0.29) is 5.69 Å². The smallest absolute Gasteiger partial charge is 0.321 e. The minimum Gasteiger partial charge on any atom is -0.321 e. The molecule has 0 saturated carbocycles. The zero-order valence-corrected chi connectivity index (χ0v) is 13.1. The highest BCUT2D eigenvalue weighted by Gasteiger charge is 2.33. The zero-order valence-electron chi connectivity index (χ0n) is 11.0. The van der Waals surface area contributed by atoms with Gasteiger partial charge in [-0.1, -0.05) is 23.8 Å². The summed E-state index contributed by atoms with van der Waals surface area (Å²) in [5.41, 5.74) is 0.219. The molecule has 0 aliphatic rings. The van der Waals surface area contributed by atoms with Crippen LogP contribution in [-0.2, 0) is 6.18 Å². The minimum atomic E-state index is -4.51. The fourth-order valence-electron chi connectivity index (χ4n) is 1.83. The van der Waals surface area contributed by atoms with Gasteiger partial charge in [-0.15, -0.1) is 0 Å². The molecule has 1 N–H and O–H groups in total. The molecule has 0 aromatic heterocycles. The topological polar surface area (TPSA) is 29.1 Å². The van der Waals surface area contributed by atoms with Crippen molar-refractivity contribution in [3.05, 3.63) is 62.7 Å². The lowest BCUT2D eigenvalue weighted by Gasteiger charge is -2.14. The highest BCUT2D eigenvalue weighted by atomic mass is 127. The molecule has 0 saturated heterocycles. The third kappa shape index (κ3) is 3.75. The molecule has 0 fully saturated rings. The summed E-state index contributed by atoms with van der Waals surface area (Å²) in [6.07, 6.45) is -4.51. The van der Waals surface area contributed by atoms with Crippen molar-refractivity contribution in [1.82, 2.24) is 0 Å². The molecular weight excluding hydrogens is 394 g/mol. The number of anilines is 1. The Morgan fingerprint density at radius 1 is 1.14 bits per heavy atom. The Balaban J connectivity index is 2.32. The van der Waals surface area contributed by atoms with Crippen LogP contribution in [0.5, 0.6) is 0 Å². The van der Waals surface area contributed by atoms with E-state index in [1.54, 1.807) is 18.2 Å². The fraction of sp³-hybridized carbons (Fsp3) is 0.133. The van der Waals surface area contributed by atoms with Gasteiger partial charge in [-0.25, -0.2) is 0 Å². The van der Waals surface area contributed by atoms with E-state index in [1.807, 2.05) is 29.5 Å². The molecule has 0 bridgehead atoms. The summed E-state index contributed by atoms with van der Waals surface area (Å²) >= 11 is 1.99. The molecule has 0 unspecified atom stereocenters. The van der Waals surface area contributed by atoms with Gasteiger partial charge in [-0.3, -0.25) is 4.79 Å². The van der Waals surface area contributed by atoms with Crippen LogP contribution in [0.1, 0.15) is 21.5 Å². The number of hydrogen-bond donors (Lipinski definition) is 1. The number of amides is 1. The molecule has 2 aromatic carbocycles. The molecule has 0 aliphatic carbocycles. The summed E-state index contributed by atoms with van der Waals surface area (Å²) in [6, 6.07) is 10.1. The summed E-state index contributed by atoms with van der Waals surface area (Å²) in [4.78, 5) is 12.1. The van der Waals surface area contributed by atoms with Gasteiger partial charge in [0.15, 0.2) is 0 Å². The fourth-order valence-corrected chi connectivity index (χ4v) is 2.75. The highest BCUT2D eigenvalue weighted by Crippen LogP contribution is 2.34. The van der Waals surface area contributed by atoms with Crippen LogP contribution in [0.25, 0.3) is 0 Å². The summed E-state index contributed by atoms with van der Waals surface area (Å²) < 4.78 is 39.3. The van der Waals surface area contributed by atoms with Crippen molar-refractivity contribution >= 4 is 34.2 Å². The normalized spacial score (nSPS) is 11.3. The number of hydrogen-bond acceptors (Lipinski definition) is 1. The van der Waals surface area contributed by atoms with Gasteiger partial charge in [0.05, 0.1) is 16.8 Å². The van der Waals surface area contributed by atoms with E-state index < -0.39 is 17.6 Å². The Morgan fingerprint density at radius 2 is 1.81 bits per heavy atom. The van der Waals surface area contributed by atoms with Crippen molar-refractivity contribution in [2.24, 2.45) is 0 Å². The average molecular weight is 405 g/mol. The summed E-state index contributed by atoms with van der Waals surface area (Å²) in [7, 11) is 0. The van der Waals surface area contributed by atoms with Crippen LogP contribution in [0.15, 0.2) is 42.5 Å². The maximum atomic E-state index is 12.9. The largest absolute Gasteiger partial charge is 0.418 e.